The summed E-state index contributed by atoms with van der Waals surface area (Å²) in [5.74, 6) is -0.233. The highest BCUT2D eigenvalue weighted by Crippen LogP contribution is 2.26. The maximum Gasteiger partial charge on any atom is 0.150 e. The molecule has 19 heavy (non-hydrogen) atoms. The Hall–Kier alpha value is -1.33. The molecule has 2 rings (SSSR count). The van der Waals surface area contributed by atoms with Crippen LogP contribution in [0.3, 0.4) is 0 Å². The second-order valence-corrected chi connectivity index (χ2v) is 5.91. The highest BCUT2D eigenvalue weighted by atomic mass is 32.1. The van der Waals surface area contributed by atoms with Crippen LogP contribution in [0.25, 0.3) is 10.6 Å². The predicted octanol–water partition coefficient (Wildman–Crippen LogP) is 3.19. The fraction of sp³-hybridized carbons (Fsp3) is 0.429. The van der Waals surface area contributed by atoms with Gasteiger partial charge in [0.15, 0.2) is 5.01 Å². The van der Waals surface area contributed by atoms with E-state index in [4.69, 9.17) is 0 Å². The van der Waals surface area contributed by atoms with Gasteiger partial charge in [0.1, 0.15) is 10.8 Å². The van der Waals surface area contributed by atoms with E-state index in [-0.39, 0.29) is 5.82 Å². The molecule has 0 radical (unpaired) electrons. The van der Waals surface area contributed by atoms with E-state index in [2.05, 4.69) is 29.4 Å². The van der Waals surface area contributed by atoms with E-state index in [1.807, 2.05) is 13.0 Å². The molecular formula is C14H18FN3S. The number of aryl methyl sites for hydroxylation is 1. The van der Waals surface area contributed by atoms with E-state index in [0.29, 0.717) is 16.6 Å². The van der Waals surface area contributed by atoms with Crippen LogP contribution in [0.2, 0.25) is 0 Å². The van der Waals surface area contributed by atoms with Crippen molar-refractivity contribution in [1.82, 2.24) is 15.5 Å². The van der Waals surface area contributed by atoms with Gasteiger partial charge in [-0.1, -0.05) is 31.3 Å². The van der Waals surface area contributed by atoms with Crippen LogP contribution in [0, 0.1) is 12.7 Å². The molecule has 0 fully saturated rings. The molecule has 0 aliphatic carbocycles. The first-order valence-electron chi connectivity index (χ1n) is 6.38. The van der Waals surface area contributed by atoms with Crippen molar-refractivity contribution in [2.24, 2.45) is 0 Å². The van der Waals surface area contributed by atoms with Gasteiger partial charge in [-0.25, -0.2) is 4.39 Å². The van der Waals surface area contributed by atoms with Gasteiger partial charge in [-0.2, -0.15) is 0 Å². The summed E-state index contributed by atoms with van der Waals surface area (Å²) in [6.45, 7) is 6.94. The van der Waals surface area contributed by atoms with Crippen molar-refractivity contribution in [2.75, 3.05) is 6.54 Å². The minimum absolute atomic E-state index is 0.233. The average molecular weight is 279 g/mol. The molecule has 0 atom stereocenters. The van der Waals surface area contributed by atoms with Crippen LogP contribution in [-0.2, 0) is 6.42 Å². The molecule has 0 spiro atoms. The first-order chi connectivity index (χ1) is 9.06. The molecule has 3 nitrogen and oxygen atoms in total. The van der Waals surface area contributed by atoms with Gasteiger partial charge in [0.25, 0.3) is 0 Å². The van der Waals surface area contributed by atoms with E-state index >= 15 is 0 Å². The Labute approximate surface area is 116 Å². The molecule has 0 amide bonds. The summed E-state index contributed by atoms with van der Waals surface area (Å²) < 4.78 is 13.8. The van der Waals surface area contributed by atoms with E-state index in [9.17, 15) is 4.39 Å². The van der Waals surface area contributed by atoms with Crippen molar-refractivity contribution in [1.29, 1.82) is 0 Å². The zero-order valence-corrected chi connectivity index (χ0v) is 12.2. The monoisotopic (exact) mass is 279 g/mol. The number of hydrogen-bond donors (Lipinski definition) is 1. The second kappa shape index (κ2) is 6.21. The summed E-state index contributed by atoms with van der Waals surface area (Å²) in [7, 11) is 0. The maximum atomic E-state index is 13.8. The fourth-order valence-corrected chi connectivity index (χ4v) is 2.59. The maximum absolute atomic E-state index is 13.8. The Morgan fingerprint density at radius 2 is 2.11 bits per heavy atom. The quantitative estimate of drug-likeness (QED) is 0.913. The van der Waals surface area contributed by atoms with Crippen LogP contribution in [0.1, 0.15) is 24.4 Å². The summed E-state index contributed by atoms with van der Waals surface area (Å²) in [6.07, 6.45) is 0.823. The number of nitrogens with one attached hydrogen (secondary N) is 1. The van der Waals surface area contributed by atoms with Crippen molar-refractivity contribution in [3.63, 3.8) is 0 Å². The lowest BCUT2D eigenvalue weighted by Gasteiger charge is -2.05. The zero-order valence-electron chi connectivity index (χ0n) is 11.4. The molecule has 5 heteroatoms. The Morgan fingerprint density at radius 1 is 1.32 bits per heavy atom. The van der Waals surface area contributed by atoms with Crippen LogP contribution < -0.4 is 5.32 Å². The summed E-state index contributed by atoms with van der Waals surface area (Å²) in [5.41, 5.74) is 1.44. The number of rotatable bonds is 5. The summed E-state index contributed by atoms with van der Waals surface area (Å²) in [4.78, 5) is 0. The third-order valence-electron chi connectivity index (χ3n) is 2.71. The van der Waals surface area contributed by atoms with Crippen LogP contribution in [-0.4, -0.2) is 22.8 Å². The van der Waals surface area contributed by atoms with Crippen molar-refractivity contribution < 1.29 is 4.39 Å². The number of hydrogen-bond acceptors (Lipinski definition) is 4. The normalized spacial score (nSPS) is 11.2. The number of benzene rings is 1. The van der Waals surface area contributed by atoms with Gasteiger partial charge < -0.3 is 5.32 Å². The lowest BCUT2D eigenvalue weighted by atomic mass is 10.1. The molecule has 0 saturated heterocycles. The van der Waals surface area contributed by atoms with Crippen LogP contribution >= 0.6 is 11.3 Å². The summed E-state index contributed by atoms with van der Waals surface area (Å²) >= 11 is 1.46. The number of aromatic nitrogens is 2. The van der Waals surface area contributed by atoms with E-state index < -0.39 is 0 Å². The molecule has 0 saturated carbocycles. The largest absolute Gasteiger partial charge is 0.314 e. The van der Waals surface area contributed by atoms with Gasteiger partial charge >= 0.3 is 0 Å². The van der Waals surface area contributed by atoms with Crippen LogP contribution in [0.4, 0.5) is 4.39 Å². The summed E-state index contributed by atoms with van der Waals surface area (Å²) in [6, 6.07) is 5.64. The van der Waals surface area contributed by atoms with E-state index in [1.165, 1.54) is 17.4 Å². The van der Waals surface area contributed by atoms with Gasteiger partial charge in [0.2, 0.25) is 0 Å². The molecular weight excluding hydrogens is 261 g/mol. The third-order valence-corrected chi connectivity index (χ3v) is 3.73. The van der Waals surface area contributed by atoms with Gasteiger partial charge in [0, 0.05) is 24.6 Å². The number of halogens is 1. The van der Waals surface area contributed by atoms with Gasteiger partial charge in [-0.05, 0) is 24.6 Å². The Morgan fingerprint density at radius 3 is 2.79 bits per heavy atom. The first-order valence-corrected chi connectivity index (χ1v) is 7.20. The molecule has 2 aromatic rings. The molecule has 0 unspecified atom stereocenters. The number of nitrogens with zero attached hydrogens (tertiary/aromatic N) is 2. The molecule has 1 aromatic heterocycles. The SMILES string of the molecule is Cc1ccc(-c2nnc(CCNC(C)C)s2)c(F)c1. The summed E-state index contributed by atoms with van der Waals surface area (Å²) in [5, 5.41) is 13.1. The zero-order chi connectivity index (χ0) is 13.8. The predicted molar refractivity (Wildman–Crippen MR) is 76.9 cm³/mol. The van der Waals surface area contributed by atoms with Crippen LogP contribution in [0.5, 0.6) is 0 Å². The molecule has 1 N–H and O–H groups in total. The molecule has 102 valence electrons. The van der Waals surface area contributed by atoms with Crippen molar-refractivity contribution in [2.45, 2.75) is 33.2 Å². The first kappa shape index (κ1) is 14.1. The van der Waals surface area contributed by atoms with E-state index in [1.54, 1.807) is 6.07 Å². The lowest BCUT2D eigenvalue weighted by Crippen LogP contribution is -2.24. The van der Waals surface area contributed by atoms with Crippen molar-refractivity contribution in [3.05, 3.63) is 34.6 Å². The van der Waals surface area contributed by atoms with Gasteiger partial charge in [-0.15, -0.1) is 10.2 Å². The Kier molecular flexibility index (Phi) is 4.61. The average Bonchev–Trinajstić information content (AvgIpc) is 2.77. The molecule has 1 aromatic carbocycles. The standard InChI is InChI=1S/C14H18FN3S/c1-9(2)16-7-6-13-17-18-14(19-13)11-5-4-10(3)8-12(11)15/h4-5,8-9,16H,6-7H2,1-3H3. The van der Waals surface area contributed by atoms with Crippen molar-refractivity contribution >= 4 is 11.3 Å². The van der Waals surface area contributed by atoms with Crippen molar-refractivity contribution in [3.8, 4) is 10.6 Å². The van der Waals surface area contributed by atoms with Crippen LogP contribution in [0.15, 0.2) is 18.2 Å². The van der Waals surface area contributed by atoms with E-state index in [0.717, 1.165) is 23.5 Å². The lowest BCUT2D eigenvalue weighted by molar-refractivity contribution is 0.588. The van der Waals surface area contributed by atoms with Gasteiger partial charge in [-0.3, -0.25) is 0 Å². The minimum Gasteiger partial charge on any atom is -0.314 e. The topological polar surface area (TPSA) is 37.8 Å². The Bertz CT molecular complexity index is 551. The smallest absolute Gasteiger partial charge is 0.150 e. The fourth-order valence-electron chi connectivity index (χ4n) is 1.72. The molecule has 1 heterocycles. The molecule has 0 aliphatic rings. The third kappa shape index (κ3) is 3.81. The Balaban J connectivity index is 2.08. The highest BCUT2D eigenvalue weighted by Gasteiger charge is 2.11. The highest BCUT2D eigenvalue weighted by molar-refractivity contribution is 7.14. The molecule has 0 bridgehead atoms. The minimum atomic E-state index is -0.233. The molecule has 0 aliphatic heterocycles. The van der Waals surface area contributed by atoms with Gasteiger partial charge in [0.05, 0.1) is 0 Å². The second-order valence-electron chi connectivity index (χ2n) is 4.84.